The molecule has 1 aliphatic heterocycles. The quantitative estimate of drug-likeness (QED) is 0.884. The van der Waals surface area contributed by atoms with Gasteiger partial charge in [0, 0.05) is 17.3 Å². The van der Waals surface area contributed by atoms with Crippen LogP contribution in [0.4, 0.5) is 0 Å². The maximum atomic E-state index is 9.77. The minimum Gasteiger partial charge on any atom is -0.493 e. The van der Waals surface area contributed by atoms with E-state index < -0.39 is 0 Å². The van der Waals surface area contributed by atoms with E-state index in [9.17, 15) is 5.11 Å². The van der Waals surface area contributed by atoms with Gasteiger partial charge in [0.05, 0.1) is 12.7 Å². The van der Waals surface area contributed by atoms with Gasteiger partial charge in [0.1, 0.15) is 5.75 Å². The normalized spacial score (nSPS) is 15.7. The Morgan fingerprint density at radius 2 is 2.31 bits per heavy atom. The Kier molecular flexibility index (Phi) is 3.84. The molecule has 0 bridgehead atoms. The van der Waals surface area contributed by atoms with Crippen LogP contribution in [0.5, 0.6) is 5.75 Å². The Labute approximate surface area is 104 Å². The lowest BCUT2D eigenvalue weighted by Gasteiger charge is -2.13. The largest absolute Gasteiger partial charge is 0.493 e. The summed E-state index contributed by atoms with van der Waals surface area (Å²) in [5.41, 5.74) is 7.72. The first-order chi connectivity index (χ1) is 7.70. The van der Waals surface area contributed by atoms with Crippen LogP contribution in [0.3, 0.4) is 0 Å². The first kappa shape index (κ1) is 11.9. The Morgan fingerprint density at radius 3 is 3.06 bits per heavy atom. The van der Waals surface area contributed by atoms with Crippen LogP contribution in [-0.2, 0) is 12.8 Å². The molecule has 1 aromatic rings. The molecule has 0 saturated carbocycles. The predicted octanol–water partition coefficient (Wildman–Crippen LogP) is 1.64. The summed E-state index contributed by atoms with van der Waals surface area (Å²) < 4.78 is 6.65. The highest BCUT2D eigenvalue weighted by Crippen LogP contribution is 2.33. The lowest BCUT2D eigenvalue weighted by atomic mass is 10.0. The number of halogens is 1. The second-order valence-electron chi connectivity index (χ2n) is 4.09. The third kappa shape index (κ3) is 2.56. The van der Waals surface area contributed by atoms with Crippen molar-refractivity contribution in [2.45, 2.75) is 25.4 Å². The summed E-state index contributed by atoms with van der Waals surface area (Å²) in [6.45, 7) is 1.25. The highest BCUT2D eigenvalue weighted by molar-refractivity contribution is 9.10. The van der Waals surface area contributed by atoms with Crippen LogP contribution in [0.25, 0.3) is 0 Å². The minimum absolute atomic E-state index is 0.382. The van der Waals surface area contributed by atoms with E-state index in [1.54, 1.807) is 0 Å². The van der Waals surface area contributed by atoms with Gasteiger partial charge in [0.2, 0.25) is 0 Å². The number of aliphatic hydroxyl groups excluding tert-OH is 1. The van der Waals surface area contributed by atoms with E-state index in [0.717, 1.165) is 28.8 Å². The third-order valence-electron chi connectivity index (χ3n) is 2.78. The van der Waals surface area contributed by atoms with Crippen molar-refractivity contribution in [3.63, 3.8) is 0 Å². The molecule has 0 amide bonds. The van der Waals surface area contributed by atoms with E-state index in [2.05, 4.69) is 22.0 Å². The van der Waals surface area contributed by atoms with Crippen LogP contribution in [0, 0.1) is 0 Å². The van der Waals surface area contributed by atoms with Crippen molar-refractivity contribution >= 4 is 15.9 Å². The van der Waals surface area contributed by atoms with Crippen molar-refractivity contribution in [3.8, 4) is 5.75 Å². The summed E-state index contributed by atoms with van der Waals surface area (Å²) in [6, 6.07) is 4.10. The zero-order chi connectivity index (χ0) is 11.5. The Hall–Kier alpha value is -0.580. The van der Waals surface area contributed by atoms with Gasteiger partial charge in [-0.25, -0.2) is 0 Å². The summed E-state index contributed by atoms with van der Waals surface area (Å²) in [5.74, 6) is 0.958. The molecule has 0 fully saturated rings. The van der Waals surface area contributed by atoms with E-state index in [1.807, 2.05) is 6.07 Å². The first-order valence-corrected chi connectivity index (χ1v) is 6.32. The van der Waals surface area contributed by atoms with Crippen LogP contribution < -0.4 is 10.5 Å². The van der Waals surface area contributed by atoms with Gasteiger partial charge >= 0.3 is 0 Å². The molecule has 0 aromatic heterocycles. The summed E-state index contributed by atoms with van der Waals surface area (Å²) in [6.07, 6.45) is 1.81. The van der Waals surface area contributed by atoms with E-state index in [1.165, 1.54) is 5.56 Å². The molecule has 0 aliphatic carbocycles. The smallest absolute Gasteiger partial charge is 0.125 e. The Bertz CT molecular complexity index is 382. The molecule has 4 heteroatoms. The molecule has 1 heterocycles. The molecule has 0 saturated heterocycles. The number of rotatable bonds is 4. The van der Waals surface area contributed by atoms with Crippen LogP contribution in [0.2, 0.25) is 0 Å². The van der Waals surface area contributed by atoms with Crippen LogP contribution in [-0.4, -0.2) is 24.4 Å². The number of aliphatic hydroxyl groups is 1. The first-order valence-electron chi connectivity index (χ1n) is 5.53. The number of hydrogen-bond acceptors (Lipinski definition) is 3. The molecule has 3 N–H and O–H groups in total. The summed E-state index contributed by atoms with van der Waals surface area (Å²) in [5, 5.41) is 9.77. The van der Waals surface area contributed by atoms with E-state index in [4.69, 9.17) is 10.5 Å². The van der Waals surface area contributed by atoms with Crippen molar-refractivity contribution < 1.29 is 9.84 Å². The fourth-order valence-corrected chi connectivity index (χ4v) is 2.60. The lowest BCUT2D eigenvalue weighted by molar-refractivity contribution is 0.166. The average Bonchev–Trinajstić information content (AvgIpc) is 2.65. The molecule has 0 spiro atoms. The van der Waals surface area contributed by atoms with Crippen LogP contribution >= 0.6 is 15.9 Å². The zero-order valence-electron chi connectivity index (χ0n) is 9.08. The molecule has 88 valence electrons. The van der Waals surface area contributed by atoms with Gasteiger partial charge in [-0.1, -0.05) is 15.9 Å². The van der Waals surface area contributed by atoms with Crippen molar-refractivity contribution in [2.24, 2.45) is 5.73 Å². The maximum Gasteiger partial charge on any atom is 0.125 e. The summed E-state index contributed by atoms with van der Waals surface area (Å²) in [4.78, 5) is 0. The molecule has 1 aromatic carbocycles. The standard InChI is InChI=1S/C12H16BrNO2/c13-10-5-8-2-4-16-12(8)9(6-10)7-11(15)1-3-14/h5-6,11,15H,1-4,7,14H2. The summed E-state index contributed by atoms with van der Waals surface area (Å²) in [7, 11) is 0. The number of nitrogens with two attached hydrogens (primary N) is 1. The molecule has 0 radical (unpaired) electrons. The van der Waals surface area contributed by atoms with Crippen molar-refractivity contribution in [1.82, 2.24) is 0 Å². The molecule has 16 heavy (non-hydrogen) atoms. The SMILES string of the molecule is NCCC(O)Cc1cc(Br)cc2c1OCC2. The average molecular weight is 286 g/mol. The molecule has 2 rings (SSSR count). The molecule has 1 aliphatic rings. The number of benzene rings is 1. The summed E-state index contributed by atoms with van der Waals surface area (Å²) >= 11 is 3.48. The highest BCUT2D eigenvalue weighted by atomic mass is 79.9. The van der Waals surface area contributed by atoms with E-state index >= 15 is 0 Å². The number of hydrogen-bond donors (Lipinski definition) is 2. The van der Waals surface area contributed by atoms with Crippen LogP contribution in [0.1, 0.15) is 17.5 Å². The monoisotopic (exact) mass is 285 g/mol. The van der Waals surface area contributed by atoms with Crippen molar-refractivity contribution in [3.05, 3.63) is 27.7 Å². The number of ether oxygens (including phenoxy) is 1. The Balaban J connectivity index is 2.20. The van der Waals surface area contributed by atoms with Gasteiger partial charge in [-0.15, -0.1) is 0 Å². The molecule has 1 unspecified atom stereocenters. The van der Waals surface area contributed by atoms with Crippen molar-refractivity contribution in [2.75, 3.05) is 13.2 Å². The van der Waals surface area contributed by atoms with Crippen molar-refractivity contribution in [1.29, 1.82) is 0 Å². The predicted molar refractivity (Wildman–Crippen MR) is 66.7 cm³/mol. The van der Waals surface area contributed by atoms with Crippen LogP contribution in [0.15, 0.2) is 16.6 Å². The number of fused-ring (bicyclic) bond motifs is 1. The second-order valence-corrected chi connectivity index (χ2v) is 5.00. The fourth-order valence-electron chi connectivity index (χ4n) is 2.05. The van der Waals surface area contributed by atoms with Gasteiger partial charge < -0.3 is 15.6 Å². The van der Waals surface area contributed by atoms with Gasteiger partial charge in [-0.2, -0.15) is 0 Å². The van der Waals surface area contributed by atoms with Gasteiger partial charge in [-0.05, 0) is 36.2 Å². The topological polar surface area (TPSA) is 55.5 Å². The maximum absolute atomic E-state index is 9.77. The highest BCUT2D eigenvalue weighted by Gasteiger charge is 2.19. The van der Waals surface area contributed by atoms with E-state index in [0.29, 0.717) is 19.4 Å². The van der Waals surface area contributed by atoms with Gasteiger partial charge in [-0.3, -0.25) is 0 Å². The molecular formula is C12H16BrNO2. The third-order valence-corrected chi connectivity index (χ3v) is 3.24. The lowest BCUT2D eigenvalue weighted by Crippen LogP contribution is -2.16. The van der Waals surface area contributed by atoms with Gasteiger partial charge in [0.25, 0.3) is 0 Å². The fraction of sp³-hybridized carbons (Fsp3) is 0.500. The molecule has 1 atom stereocenters. The Morgan fingerprint density at radius 1 is 1.50 bits per heavy atom. The molecule has 3 nitrogen and oxygen atoms in total. The molecular weight excluding hydrogens is 270 g/mol. The second kappa shape index (κ2) is 5.17. The van der Waals surface area contributed by atoms with E-state index in [-0.39, 0.29) is 6.10 Å². The minimum atomic E-state index is -0.382. The zero-order valence-corrected chi connectivity index (χ0v) is 10.7. The van der Waals surface area contributed by atoms with Gasteiger partial charge in [0.15, 0.2) is 0 Å².